The maximum atomic E-state index is 12.7. The van der Waals surface area contributed by atoms with Gasteiger partial charge in [-0.05, 0) is 66.4 Å². The molecule has 0 bridgehead atoms. The Bertz CT molecular complexity index is 1130. The molecule has 1 aliphatic heterocycles. The number of amides is 2. The van der Waals surface area contributed by atoms with Crippen molar-refractivity contribution in [2.45, 2.75) is 19.9 Å². The molecule has 31 heavy (non-hydrogen) atoms. The van der Waals surface area contributed by atoms with Crippen molar-refractivity contribution in [3.05, 3.63) is 94.0 Å². The quantitative estimate of drug-likeness (QED) is 0.608. The van der Waals surface area contributed by atoms with Gasteiger partial charge in [0.05, 0.1) is 5.92 Å². The Morgan fingerprint density at radius 2 is 1.90 bits per heavy atom. The number of anilines is 1. The van der Waals surface area contributed by atoms with Crippen LogP contribution in [0.3, 0.4) is 0 Å². The van der Waals surface area contributed by atoms with E-state index in [1.165, 1.54) is 0 Å². The molecule has 1 heterocycles. The van der Waals surface area contributed by atoms with Crippen molar-refractivity contribution in [1.82, 2.24) is 5.32 Å². The van der Waals surface area contributed by atoms with Crippen LogP contribution in [0.15, 0.2) is 66.7 Å². The number of carbonyl (C=O) groups is 2. The molecule has 0 fully saturated rings. The van der Waals surface area contributed by atoms with E-state index >= 15 is 0 Å². The predicted molar refractivity (Wildman–Crippen MR) is 122 cm³/mol. The van der Waals surface area contributed by atoms with Gasteiger partial charge in [0.1, 0.15) is 12.4 Å². The summed E-state index contributed by atoms with van der Waals surface area (Å²) < 4.78 is 5.80. The van der Waals surface area contributed by atoms with Crippen LogP contribution in [0.25, 0.3) is 0 Å². The SMILES string of the molecule is Cc1ccccc1CNC(=O)C1COc2ccc(NC(=O)c3cccc(Cl)c3)cc2C1. The van der Waals surface area contributed by atoms with E-state index in [1.807, 2.05) is 43.3 Å². The molecule has 1 unspecified atom stereocenters. The number of hydrogen-bond donors (Lipinski definition) is 2. The van der Waals surface area contributed by atoms with Crippen molar-refractivity contribution in [2.24, 2.45) is 5.92 Å². The molecule has 158 valence electrons. The first-order valence-corrected chi connectivity index (χ1v) is 10.5. The normalized spacial score (nSPS) is 14.8. The van der Waals surface area contributed by atoms with Crippen molar-refractivity contribution >= 4 is 29.1 Å². The summed E-state index contributed by atoms with van der Waals surface area (Å²) in [5, 5.41) is 6.40. The molecule has 1 aliphatic rings. The number of aryl methyl sites for hydroxylation is 1. The first-order valence-electron chi connectivity index (χ1n) is 10.1. The summed E-state index contributed by atoms with van der Waals surface area (Å²) in [5.41, 5.74) is 4.27. The van der Waals surface area contributed by atoms with Crippen LogP contribution in [-0.4, -0.2) is 18.4 Å². The molecule has 6 heteroatoms. The van der Waals surface area contributed by atoms with Crippen LogP contribution in [0.5, 0.6) is 5.75 Å². The Labute approximate surface area is 186 Å². The van der Waals surface area contributed by atoms with Gasteiger partial charge in [0.2, 0.25) is 5.91 Å². The minimum atomic E-state index is -0.282. The largest absolute Gasteiger partial charge is 0.492 e. The molecule has 2 amide bonds. The number of nitrogens with one attached hydrogen (secondary N) is 2. The molecule has 0 saturated carbocycles. The lowest BCUT2D eigenvalue weighted by Gasteiger charge is -2.25. The molecule has 0 saturated heterocycles. The summed E-state index contributed by atoms with van der Waals surface area (Å²) >= 11 is 5.97. The van der Waals surface area contributed by atoms with E-state index in [2.05, 4.69) is 10.6 Å². The highest BCUT2D eigenvalue weighted by atomic mass is 35.5. The smallest absolute Gasteiger partial charge is 0.255 e. The molecule has 5 nitrogen and oxygen atoms in total. The highest BCUT2D eigenvalue weighted by Crippen LogP contribution is 2.30. The lowest BCUT2D eigenvalue weighted by molar-refractivity contribution is -0.126. The van der Waals surface area contributed by atoms with E-state index in [0.29, 0.717) is 35.8 Å². The average Bonchev–Trinajstić information content (AvgIpc) is 2.78. The Morgan fingerprint density at radius 3 is 2.71 bits per heavy atom. The predicted octanol–water partition coefficient (Wildman–Crippen LogP) is 4.77. The fraction of sp³-hybridized carbons (Fsp3) is 0.200. The third-order valence-electron chi connectivity index (χ3n) is 5.40. The number of ether oxygens (including phenoxy) is 1. The molecular weight excluding hydrogens is 412 g/mol. The van der Waals surface area contributed by atoms with Crippen LogP contribution in [0.4, 0.5) is 5.69 Å². The fourth-order valence-electron chi connectivity index (χ4n) is 3.61. The Balaban J connectivity index is 1.40. The van der Waals surface area contributed by atoms with Gasteiger partial charge in [-0.3, -0.25) is 9.59 Å². The summed E-state index contributed by atoms with van der Waals surface area (Å²) in [7, 11) is 0. The maximum absolute atomic E-state index is 12.7. The second-order valence-electron chi connectivity index (χ2n) is 7.64. The summed E-state index contributed by atoms with van der Waals surface area (Å²) in [6.45, 7) is 2.85. The number of hydrogen-bond acceptors (Lipinski definition) is 3. The van der Waals surface area contributed by atoms with Gasteiger partial charge in [-0.15, -0.1) is 0 Å². The summed E-state index contributed by atoms with van der Waals surface area (Å²) in [6.07, 6.45) is 0.551. The molecule has 1 atom stereocenters. The fourth-order valence-corrected chi connectivity index (χ4v) is 3.80. The van der Waals surface area contributed by atoms with E-state index < -0.39 is 0 Å². The summed E-state index contributed by atoms with van der Waals surface area (Å²) in [4.78, 5) is 25.2. The van der Waals surface area contributed by atoms with Crippen LogP contribution in [-0.2, 0) is 17.8 Å². The van der Waals surface area contributed by atoms with Gasteiger partial charge >= 0.3 is 0 Å². The molecule has 3 aromatic rings. The van der Waals surface area contributed by atoms with Gasteiger partial charge in [0.25, 0.3) is 5.91 Å². The second-order valence-corrected chi connectivity index (χ2v) is 8.08. The minimum absolute atomic E-state index is 0.0396. The minimum Gasteiger partial charge on any atom is -0.492 e. The Kier molecular flexibility index (Phi) is 6.23. The van der Waals surface area contributed by atoms with Crippen LogP contribution in [0.1, 0.15) is 27.0 Å². The summed E-state index contributed by atoms with van der Waals surface area (Å²) in [5.74, 6) is 0.174. The number of fused-ring (bicyclic) bond motifs is 1. The van der Waals surface area contributed by atoms with E-state index in [9.17, 15) is 9.59 Å². The first-order chi connectivity index (χ1) is 15.0. The molecule has 3 aromatic carbocycles. The number of benzene rings is 3. The third kappa shape index (κ3) is 5.06. The van der Waals surface area contributed by atoms with E-state index in [4.69, 9.17) is 16.3 Å². The van der Waals surface area contributed by atoms with Crippen LogP contribution in [0.2, 0.25) is 5.02 Å². The van der Waals surface area contributed by atoms with Crippen molar-refractivity contribution in [3.8, 4) is 5.75 Å². The zero-order chi connectivity index (χ0) is 21.8. The molecule has 0 aromatic heterocycles. The molecule has 2 N–H and O–H groups in total. The van der Waals surface area contributed by atoms with E-state index in [1.54, 1.807) is 30.3 Å². The topological polar surface area (TPSA) is 67.4 Å². The molecule has 0 radical (unpaired) electrons. The number of halogens is 1. The van der Waals surface area contributed by atoms with Gasteiger partial charge in [0.15, 0.2) is 0 Å². The van der Waals surface area contributed by atoms with Crippen LogP contribution >= 0.6 is 11.6 Å². The zero-order valence-corrected chi connectivity index (χ0v) is 17.9. The molecular formula is C25H23ClN2O3. The monoisotopic (exact) mass is 434 g/mol. The molecule has 4 rings (SSSR count). The van der Waals surface area contributed by atoms with E-state index in [0.717, 1.165) is 22.4 Å². The van der Waals surface area contributed by atoms with Gasteiger partial charge in [0, 0.05) is 22.8 Å². The molecule has 0 aliphatic carbocycles. The zero-order valence-electron chi connectivity index (χ0n) is 17.2. The second kappa shape index (κ2) is 9.23. The lowest BCUT2D eigenvalue weighted by Crippen LogP contribution is -2.37. The van der Waals surface area contributed by atoms with E-state index in [-0.39, 0.29) is 17.7 Å². The van der Waals surface area contributed by atoms with Crippen molar-refractivity contribution in [3.63, 3.8) is 0 Å². The third-order valence-corrected chi connectivity index (χ3v) is 5.63. The first kappa shape index (κ1) is 20.9. The van der Waals surface area contributed by atoms with Gasteiger partial charge in [-0.25, -0.2) is 0 Å². The van der Waals surface area contributed by atoms with Crippen molar-refractivity contribution in [1.29, 1.82) is 0 Å². The Hall–Kier alpha value is -3.31. The van der Waals surface area contributed by atoms with Crippen molar-refractivity contribution < 1.29 is 14.3 Å². The molecule has 0 spiro atoms. The average molecular weight is 435 g/mol. The van der Waals surface area contributed by atoms with Gasteiger partial charge < -0.3 is 15.4 Å². The van der Waals surface area contributed by atoms with Crippen LogP contribution in [0, 0.1) is 12.8 Å². The number of rotatable bonds is 5. The van der Waals surface area contributed by atoms with Gasteiger partial charge in [-0.2, -0.15) is 0 Å². The highest BCUT2D eigenvalue weighted by molar-refractivity contribution is 6.31. The number of carbonyl (C=O) groups excluding carboxylic acids is 2. The standard InChI is InChI=1S/C25H23ClN2O3/c1-16-5-2-3-6-18(16)14-27-24(29)20-11-19-13-22(9-10-23(19)31-15-20)28-25(30)17-7-4-8-21(26)12-17/h2-10,12-13,20H,11,14-15H2,1H3,(H,27,29)(H,28,30). The lowest BCUT2D eigenvalue weighted by atomic mass is 9.95. The maximum Gasteiger partial charge on any atom is 0.255 e. The summed E-state index contributed by atoms with van der Waals surface area (Å²) in [6, 6.07) is 20.2. The highest BCUT2D eigenvalue weighted by Gasteiger charge is 2.26. The van der Waals surface area contributed by atoms with Gasteiger partial charge in [-0.1, -0.05) is 41.9 Å². The Morgan fingerprint density at radius 1 is 1.06 bits per heavy atom. The van der Waals surface area contributed by atoms with Crippen molar-refractivity contribution in [2.75, 3.05) is 11.9 Å². The van der Waals surface area contributed by atoms with Crippen LogP contribution < -0.4 is 15.4 Å².